The molecule has 0 atom stereocenters. The number of nitro benzene ring substituents is 1. The Labute approximate surface area is 168 Å². The van der Waals surface area contributed by atoms with Crippen molar-refractivity contribution in [2.24, 2.45) is 0 Å². The lowest BCUT2D eigenvalue weighted by Crippen LogP contribution is -2.09. The van der Waals surface area contributed by atoms with Gasteiger partial charge >= 0.3 is 5.69 Å². The van der Waals surface area contributed by atoms with Gasteiger partial charge < -0.3 is 14.6 Å². The van der Waals surface area contributed by atoms with Crippen LogP contribution in [-0.2, 0) is 0 Å². The number of nitrogens with zero attached hydrogens (tertiary/aromatic N) is 4. The fourth-order valence-corrected chi connectivity index (χ4v) is 3.02. The van der Waals surface area contributed by atoms with Crippen LogP contribution in [0.4, 0.5) is 21.7 Å². The first-order valence-electron chi connectivity index (χ1n) is 8.70. The summed E-state index contributed by atoms with van der Waals surface area (Å²) >= 11 is 0. The average Bonchev–Trinajstić information content (AvgIpc) is 2.75. The number of nitro groups is 1. The van der Waals surface area contributed by atoms with Crippen molar-refractivity contribution in [2.75, 3.05) is 12.4 Å². The van der Waals surface area contributed by atoms with Gasteiger partial charge in [0.05, 0.1) is 23.2 Å². The quantitative estimate of drug-likeness (QED) is 0.397. The van der Waals surface area contributed by atoms with Gasteiger partial charge in [0.15, 0.2) is 5.43 Å². The molecule has 0 aliphatic carbocycles. The number of benzene rings is 2. The molecule has 0 fully saturated rings. The van der Waals surface area contributed by atoms with Crippen molar-refractivity contribution in [3.05, 3.63) is 87.1 Å². The van der Waals surface area contributed by atoms with E-state index in [0.29, 0.717) is 16.7 Å². The van der Waals surface area contributed by atoms with Crippen LogP contribution in [-0.4, -0.2) is 26.6 Å². The highest BCUT2D eigenvalue weighted by Gasteiger charge is 2.19. The Kier molecular flexibility index (Phi) is 4.80. The van der Waals surface area contributed by atoms with Gasteiger partial charge in [-0.3, -0.25) is 14.9 Å². The molecule has 4 aromatic rings. The Morgan fingerprint density at radius 3 is 2.77 bits per heavy atom. The van der Waals surface area contributed by atoms with E-state index in [9.17, 15) is 19.3 Å². The highest BCUT2D eigenvalue weighted by atomic mass is 19.1. The maximum absolute atomic E-state index is 13.9. The molecule has 0 spiro atoms. The molecule has 2 aromatic heterocycles. The van der Waals surface area contributed by atoms with Crippen LogP contribution in [0.2, 0.25) is 0 Å². The van der Waals surface area contributed by atoms with E-state index in [-0.39, 0.29) is 22.8 Å². The lowest BCUT2D eigenvalue weighted by atomic mass is 10.2. The number of methoxy groups -OCH3 is 1. The number of ether oxygens (including phenoxy) is 1. The summed E-state index contributed by atoms with van der Waals surface area (Å²) in [7, 11) is 1.32. The van der Waals surface area contributed by atoms with Gasteiger partial charge in [0.2, 0.25) is 11.8 Å². The molecule has 30 heavy (non-hydrogen) atoms. The fraction of sp³-hybridized carbons (Fsp3) is 0.0500. The van der Waals surface area contributed by atoms with Crippen molar-refractivity contribution in [2.45, 2.75) is 0 Å². The van der Waals surface area contributed by atoms with Crippen molar-refractivity contribution in [3.63, 3.8) is 0 Å². The predicted molar refractivity (Wildman–Crippen MR) is 108 cm³/mol. The molecule has 0 saturated heterocycles. The minimum Gasteiger partial charge on any atom is -0.494 e. The van der Waals surface area contributed by atoms with E-state index in [2.05, 4.69) is 15.3 Å². The molecule has 0 aliphatic heterocycles. The molecule has 150 valence electrons. The highest BCUT2D eigenvalue weighted by Crippen LogP contribution is 2.33. The zero-order valence-corrected chi connectivity index (χ0v) is 15.6. The molecule has 1 N–H and O–H groups in total. The molecule has 0 radical (unpaired) electrons. The minimum atomic E-state index is -1.02. The number of hydrogen-bond acceptors (Lipinski definition) is 7. The first kappa shape index (κ1) is 19.0. The normalized spacial score (nSPS) is 10.7. The number of fused-ring (bicyclic) bond motifs is 1. The molecule has 0 aliphatic rings. The third kappa shape index (κ3) is 3.41. The van der Waals surface area contributed by atoms with Crippen LogP contribution in [0.15, 0.2) is 65.7 Å². The molecule has 0 saturated carbocycles. The number of halogens is 1. The molecule has 0 unspecified atom stereocenters. The van der Waals surface area contributed by atoms with Gasteiger partial charge in [0, 0.05) is 36.0 Å². The zero-order valence-electron chi connectivity index (χ0n) is 15.6. The van der Waals surface area contributed by atoms with Crippen LogP contribution in [0, 0.1) is 15.9 Å². The second-order valence-corrected chi connectivity index (χ2v) is 6.19. The van der Waals surface area contributed by atoms with Crippen LogP contribution >= 0.6 is 0 Å². The summed E-state index contributed by atoms with van der Waals surface area (Å²) in [6.07, 6.45) is 3.09. The number of pyridine rings is 1. The Balaban J connectivity index is 1.78. The molecular formula is C20H14FN5O4. The number of hydrogen-bond donors (Lipinski definition) is 1. The topological polar surface area (TPSA) is 112 Å². The van der Waals surface area contributed by atoms with Crippen molar-refractivity contribution in [3.8, 4) is 11.6 Å². The van der Waals surface area contributed by atoms with E-state index in [1.165, 1.54) is 19.4 Å². The van der Waals surface area contributed by atoms with Crippen molar-refractivity contribution in [1.82, 2.24) is 14.5 Å². The monoisotopic (exact) mass is 407 g/mol. The zero-order chi connectivity index (χ0) is 21.3. The standard InChI is InChI=1S/C20H14FN5O4/c1-30-18-10-13(21)16(26(28)29)11-14(18)23-20-22-8-6-19(24-20)25-9-7-17(27)12-4-2-3-5-15(12)25/h2-11H,1H3,(H,22,23,24). The first-order valence-corrected chi connectivity index (χ1v) is 8.70. The van der Waals surface area contributed by atoms with E-state index >= 15 is 0 Å². The third-order valence-corrected chi connectivity index (χ3v) is 4.40. The molecular weight excluding hydrogens is 393 g/mol. The van der Waals surface area contributed by atoms with Crippen LogP contribution < -0.4 is 15.5 Å². The van der Waals surface area contributed by atoms with Crippen LogP contribution in [0.1, 0.15) is 0 Å². The summed E-state index contributed by atoms with van der Waals surface area (Å²) in [6.45, 7) is 0. The number of para-hydroxylation sites is 1. The van der Waals surface area contributed by atoms with Gasteiger partial charge in [0.1, 0.15) is 11.6 Å². The Morgan fingerprint density at radius 1 is 1.20 bits per heavy atom. The van der Waals surface area contributed by atoms with Crippen LogP contribution in [0.25, 0.3) is 16.7 Å². The minimum absolute atomic E-state index is 0.0564. The Hall–Kier alpha value is -4.34. The van der Waals surface area contributed by atoms with Crippen molar-refractivity contribution >= 4 is 28.2 Å². The molecule has 4 rings (SSSR count). The van der Waals surface area contributed by atoms with E-state index in [1.54, 1.807) is 41.1 Å². The van der Waals surface area contributed by atoms with E-state index in [0.717, 1.165) is 12.1 Å². The predicted octanol–water partition coefficient (Wildman–Crippen LogP) is 3.58. The van der Waals surface area contributed by atoms with Crippen LogP contribution in [0.3, 0.4) is 0 Å². The SMILES string of the molecule is COc1cc(F)c([N+](=O)[O-])cc1Nc1nccc(-n2ccc(=O)c3ccccc32)n1. The number of aromatic nitrogens is 3. The summed E-state index contributed by atoms with van der Waals surface area (Å²) < 4.78 is 20.7. The van der Waals surface area contributed by atoms with Gasteiger partial charge in [-0.2, -0.15) is 9.37 Å². The summed E-state index contributed by atoms with van der Waals surface area (Å²) in [5.41, 5.74) is -0.0318. The van der Waals surface area contributed by atoms with Crippen LogP contribution in [0.5, 0.6) is 5.75 Å². The van der Waals surface area contributed by atoms with E-state index in [4.69, 9.17) is 4.74 Å². The summed E-state index contributed by atoms with van der Waals surface area (Å²) in [5.74, 6) is -0.397. The molecule has 2 heterocycles. The smallest absolute Gasteiger partial charge is 0.307 e. The largest absolute Gasteiger partial charge is 0.494 e. The summed E-state index contributed by atoms with van der Waals surface area (Å²) in [5, 5.41) is 14.4. The molecule has 10 heteroatoms. The summed E-state index contributed by atoms with van der Waals surface area (Å²) in [4.78, 5) is 30.8. The van der Waals surface area contributed by atoms with E-state index in [1.807, 2.05) is 0 Å². The second kappa shape index (κ2) is 7.59. The molecule has 2 aromatic carbocycles. The average molecular weight is 407 g/mol. The molecule has 9 nitrogen and oxygen atoms in total. The van der Waals surface area contributed by atoms with E-state index < -0.39 is 16.4 Å². The van der Waals surface area contributed by atoms with Gasteiger partial charge in [-0.1, -0.05) is 12.1 Å². The lowest BCUT2D eigenvalue weighted by molar-refractivity contribution is -0.387. The first-order chi connectivity index (χ1) is 14.5. The van der Waals surface area contributed by atoms with Crippen molar-refractivity contribution in [1.29, 1.82) is 0 Å². The lowest BCUT2D eigenvalue weighted by Gasteiger charge is -2.13. The molecule has 0 amide bonds. The maximum atomic E-state index is 13.9. The number of anilines is 2. The second-order valence-electron chi connectivity index (χ2n) is 6.19. The highest BCUT2D eigenvalue weighted by molar-refractivity contribution is 5.80. The van der Waals surface area contributed by atoms with Gasteiger partial charge in [-0.05, 0) is 18.2 Å². The third-order valence-electron chi connectivity index (χ3n) is 4.40. The maximum Gasteiger partial charge on any atom is 0.307 e. The molecule has 0 bridgehead atoms. The number of nitrogens with one attached hydrogen (secondary N) is 1. The van der Waals surface area contributed by atoms with Gasteiger partial charge in [-0.25, -0.2) is 4.98 Å². The fourth-order valence-electron chi connectivity index (χ4n) is 3.02. The number of rotatable bonds is 5. The van der Waals surface area contributed by atoms with Gasteiger partial charge in [-0.15, -0.1) is 0 Å². The van der Waals surface area contributed by atoms with Crippen molar-refractivity contribution < 1.29 is 14.1 Å². The Morgan fingerprint density at radius 2 is 2.00 bits per heavy atom. The van der Waals surface area contributed by atoms with Gasteiger partial charge in [0.25, 0.3) is 0 Å². The Bertz CT molecular complexity index is 1340. The summed E-state index contributed by atoms with van der Waals surface area (Å²) in [6, 6.07) is 12.1.